The number of ether oxygens (including phenoxy) is 1. The first-order valence-corrected chi connectivity index (χ1v) is 11.3. The van der Waals surface area contributed by atoms with Gasteiger partial charge in [-0.15, -0.1) is 0 Å². The lowest BCUT2D eigenvalue weighted by atomic mass is 9.44. The summed E-state index contributed by atoms with van der Waals surface area (Å²) in [5, 5.41) is 20.7. The third-order valence-corrected chi connectivity index (χ3v) is 9.59. The molecule has 2 N–H and O–H groups in total. The van der Waals surface area contributed by atoms with E-state index in [0.29, 0.717) is 19.3 Å². The van der Waals surface area contributed by atoms with Crippen molar-refractivity contribution in [2.75, 3.05) is 7.11 Å². The van der Waals surface area contributed by atoms with Crippen LogP contribution in [0, 0.1) is 34.5 Å². The van der Waals surface area contributed by atoms with E-state index in [1.807, 2.05) is 0 Å². The summed E-state index contributed by atoms with van der Waals surface area (Å²) in [5.74, 6) is -0.763. The van der Waals surface area contributed by atoms with Crippen LogP contribution < -0.4 is 0 Å². The van der Waals surface area contributed by atoms with Crippen LogP contribution in [0.15, 0.2) is 11.6 Å². The minimum absolute atomic E-state index is 0.0416. The smallest absolute Gasteiger partial charge is 0.309 e. The molecule has 0 saturated heterocycles. The van der Waals surface area contributed by atoms with Crippen molar-refractivity contribution in [3.8, 4) is 0 Å². The number of aliphatic carboxylic acids is 1. The molecule has 0 aromatic heterocycles. The van der Waals surface area contributed by atoms with Crippen molar-refractivity contribution in [3.05, 3.63) is 11.6 Å². The van der Waals surface area contributed by atoms with E-state index >= 15 is 0 Å². The van der Waals surface area contributed by atoms with Crippen molar-refractivity contribution in [2.45, 2.75) is 77.2 Å². The molecule has 0 aliphatic heterocycles. The SMILES string of the molecule is COC(=O)C1CC2=CC(=O)CCC2(C)C2CCC3(C)C(CC[C@@]3(O)CCC(=O)O)C12. The number of carbonyl (C=O) groups is 3. The number of allylic oxidation sites excluding steroid dienone is 1. The van der Waals surface area contributed by atoms with Crippen molar-refractivity contribution in [3.63, 3.8) is 0 Å². The van der Waals surface area contributed by atoms with Gasteiger partial charge in [-0.3, -0.25) is 14.4 Å². The number of hydrogen-bond donors (Lipinski definition) is 2. The van der Waals surface area contributed by atoms with Crippen LogP contribution in [-0.4, -0.2) is 40.6 Å². The highest BCUT2D eigenvalue weighted by Gasteiger charge is 2.66. The normalized spacial score (nSPS) is 45.1. The Balaban J connectivity index is 1.73. The summed E-state index contributed by atoms with van der Waals surface area (Å²) >= 11 is 0. The van der Waals surface area contributed by atoms with Gasteiger partial charge in [0.25, 0.3) is 0 Å². The highest BCUT2D eigenvalue weighted by atomic mass is 16.5. The number of esters is 1. The maximum absolute atomic E-state index is 12.9. The second kappa shape index (κ2) is 7.18. The standard InChI is InChI=1S/C24H34O6/c1-22-8-4-15(25)12-14(22)13-16(21(28)30-3)20-17(22)5-9-23(2)18(20)6-10-24(23,29)11-7-19(26)27/h12,16-18,20,29H,4-11,13H2,1-3H3,(H,26,27)/t16?,17?,18?,20?,22?,23?,24-/m1/s1. The Morgan fingerprint density at radius 2 is 1.87 bits per heavy atom. The minimum Gasteiger partial charge on any atom is -0.481 e. The Kier molecular flexibility index (Phi) is 5.16. The fraction of sp³-hybridized carbons (Fsp3) is 0.792. The van der Waals surface area contributed by atoms with Gasteiger partial charge in [0.05, 0.1) is 18.6 Å². The quantitative estimate of drug-likeness (QED) is 0.678. The first-order chi connectivity index (χ1) is 14.1. The Bertz CT molecular complexity index is 802. The van der Waals surface area contributed by atoms with Crippen LogP contribution in [0.3, 0.4) is 0 Å². The first kappa shape index (κ1) is 21.5. The fourth-order valence-electron chi connectivity index (χ4n) is 7.79. The molecule has 7 atom stereocenters. The second-order valence-electron chi connectivity index (χ2n) is 10.6. The van der Waals surface area contributed by atoms with E-state index in [0.717, 1.165) is 31.3 Å². The van der Waals surface area contributed by atoms with E-state index in [4.69, 9.17) is 4.74 Å². The number of carboxylic acids is 1. The minimum atomic E-state index is -1.01. The number of methoxy groups -OCH3 is 1. The van der Waals surface area contributed by atoms with Gasteiger partial charge in [0, 0.05) is 12.8 Å². The van der Waals surface area contributed by atoms with Crippen molar-refractivity contribution in [1.82, 2.24) is 0 Å². The Labute approximate surface area is 178 Å². The average molecular weight is 419 g/mol. The van der Waals surface area contributed by atoms with Crippen molar-refractivity contribution < 1.29 is 29.3 Å². The van der Waals surface area contributed by atoms with E-state index in [9.17, 15) is 24.6 Å². The van der Waals surface area contributed by atoms with E-state index < -0.39 is 17.0 Å². The summed E-state index contributed by atoms with van der Waals surface area (Å²) in [6.07, 6.45) is 6.99. The van der Waals surface area contributed by atoms with E-state index in [1.54, 1.807) is 6.08 Å². The summed E-state index contributed by atoms with van der Waals surface area (Å²) in [5.41, 5.74) is -0.413. The zero-order valence-electron chi connectivity index (χ0n) is 18.3. The molecule has 4 aliphatic carbocycles. The van der Waals surface area contributed by atoms with Crippen molar-refractivity contribution in [2.24, 2.45) is 34.5 Å². The van der Waals surface area contributed by atoms with Gasteiger partial charge in [0.1, 0.15) is 0 Å². The molecule has 30 heavy (non-hydrogen) atoms. The average Bonchev–Trinajstić information content (AvgIpc) is 2.97. The largest absolute Gasteiger partial charge is 0.481 e. The molecule has 6 heteroatoms. The number of hydrogen-bond acceptors (Lipinski definition) is 5. The third-order valence-electron chi connectivity index (χ3n) is 9.59. The van der Waals surface area contributed by atoms with Crippen LogP contribution in [0.25, 0.3) is 0 Å². The predicted octanol–water partition coefficient (Wildman–Crippen LogP) is 3.51. The van der Waals surface area contributed by atoms with Gasteiger partial charge >= 0.3 is 11.9 Å². The van der Waals surface area contributed by atoms with Gasteiger partial charge in [-0.25, -0.2) is 0 Å². The van der Waals surface area contributed by atoms with Gasteiger partial charge in [0.15, 0.2) is 5.78 Å². The van der Waals surface area contributed by atoms with Crippen LogP contribution in [0.2, 0.25) is 0 Å². The first-order valence-electron chi connectivity index (χ1n) is 11.3. The fourth-order valence-corrected chi connectivity index (χ4v) is 7.79. The summed E-state index contributed by atoms with van der Waals surface area (Å²) in [6, 6.07) is 0. The topological polar surface area (TPSA) is 101 Å². The number of rotatable bonds is 4. The van der Waals surface area contributed by atoms with E-state index in [1.165, 1.54) is 7.11 Å². The maximum Gasteiger partial charge on any atom is 0.309 e. The Morgan fingerprint density at radius 1 is 1.17 bits per heavy atom. The molecule has 0 radical (unpaired) electrons. The second-order valence-corrected chi connectivity index (χ2v) is 10.6. The predicted molar refractivity (Wildman–Crippen MR) is 109 cm³/mol. The van der Waals surface area contributed by atoms with Crippen LogP contribution in [0.4, 0.5) is 0 Å². The highest BCUT2D eigenvalue weighted by molar-refractivity contribution is 5.92. The third kappa shape index (κ3) is 2.97. The molecule has 0 spiro atoms. The molecular formula is C24H34O6. The Morgan fingerprint density at radius 3 is 2.53 bits per heavy atom. The van der Waals surface area contributed by atoms with Gasteiger partial charge in [-0.1, -0.05) is 19.4 Å². The Hall–Kier alpha value is -1.69. The zero-order valence-corrected chi connectivity index (χ0v) is 18.3. The molecule has 6 unspecified atom stereocenters. The molecule has 4 rings (SSSR count). The van der Waals surface area contributed by atoms with Gasteiger partial charge < -0.3 is 14.9 Å². The lowest BCUT2D eigenvalue weighted by Gasteiger charge is -2.60. The summed E-state index contributed by atoms with van der Waals surface area (Å²) in [7, 11) is 1.42. The molecule has 0 bridgehead atoms. The highest BCUT2D eigenvalue weighted by Crippen LogP contribution is 2.69. The molecule has 3 saturated carbocycles. The molecular weight excluding hydrogens is 384 g/mol. The maximum atomic E-state index is 12.9. The number of carboxylic acid groups (broad SMARTS) is 1. The lowest BCUT2D eigenvalue weighted by Crippen LogP contribution is -2.58. The molecule has 3 fully saturated rings. The van der Waals surface area contributed by atoms with Crippen LogP contribution in [0.1, 0.15) is 71.6 Å². The van der Waals surface area contributed by atoms with Crippen LogP contribution >= 0.6 is 0 Å². The molecule has 0 amide bonds. The lowest BCUT2D eigenvalue weighted by molar-refractivity contribution is -0.169. The molecule has 0 aromatic rings. The zero-order chi connectivity index (χ0) is 21.9. The van der Waals surface area contributed by atoms with Crippen LogP contribution in [-0.2, 0) is 19.1 Å². The summed E-state index contributed by atoms with van der Waals surface area (Å²) in [6.45, 7) is 4.36. The summed E-state index contributed by atoms with van der Waals surface area (Å²) in [4.78, 5) is 36.2. The van der Waals surface area contributed by atoms with E-state index in [2.05, 4.69) is 13.8 Å². The number of fused-ring (bicyclic) bond motifs is 5. The van der Waals surface area contributed by atoms with Gasteiger partial charge in [-0.2, -0.15) is 0 Å². The molecule has 4 aliphatic rings. The molecule has 0 heterocycles. The van der Waals surface area contributed by atoms with Crippen LogP contribution in [0.5, 0.6) is 0 Å². The molecule has 166 valence electrons. The summed E-state index contributed by atoms with van der Waals surface area (Å²) < 4.78 is 5.20. The van der Waals surface area contributed by atoms with Gasteiger partial charge in [-0.05, 0) is 79.6 Å². The monoisotopic (exact) mass is 418 g/mol. The van der Waals surface area contributed by atoms with Crippen molar-refractivity contribution >= 4 is 17.7 Å². The van der Waals surface area contributed by atoms with Crippen molar-refractivity contribution in [1.29, 1.82) is 0 Å². The number of aliphatic hydroxyl groups is 1. The number of carbonyl (C=O) groups excluding carboxylic acids is 2. The molecule has 0 aromatic carbocycles. The number of ketones is 1. The van der Waals surface area contributed by atoms with E-state index in [-0.39, 0.29) is 53.7 Å². The molecule has 6 nitrogen and oxygen atoms in total. The van der Waals surface area contributed by atoms with Gasteiger partial charge in [0.2, 0.25) is 0 Å².